The van der Waals surface area contributed by atoms with E-state index >= 15 is 0 Å². The van der Waals surface area contributed by atoms with Crippen LogP contribution in [-0.2, 0) is 14.8 Å². The average Bonchev–Trinajstić information content (AvgIpc) is 2.14. The minimum absolute atomic E-state index is 0.174. The highest BCUT2D eigenvalue weighted by Gasteiger charge is 2.49. The van der Waals surface area contributed by atoms with E-state index in [-0.39, 0.29) is 6.54 Å². The van der Waals surface area contributed by atoms with Crippen LogP contribution < -0.4 is 0 Å². The topological polar surface area (TPSA) is 74.7 Å². The lowest BCUT2D eigenvalue weighted by Crippen LogP contribution is -2.57. The third kappa shape index (κ3) is 2.57. The van der Waals surface area contributed by atoms with Gasteiger partial charge in [0, 0.05) is 6.54 Å². The van der Waals surface area contributed by atoms with Gasteiger partial charge in [0.2, 0.25) is 0 Å². The molecule has 1 atom stereocenters. The molecule has 1 aliphatic rings. The second-order valence-electron chi connectivity index (χ2n) is 4.75. The van der Waals surface area contributed by atoms with Gasteiger partial charge in [-0.2, -0.15) is 13.1 Å². The van der Waals surface area contributed by atoms with Crippen LogP contribution >= 0.6 is 0 Å². The Morgan fingerprint density at radius 1 is 1.47 bits per heavy atom. The standard InChI is InChI=1S/C9H15F2NO4S/c1-9(2)4-3-5-12(6(9)7(13)14)17(15,16)8(10)11/h6,8H,3-5H2,1-2H3,(H,13,14). The van der Waals surface area contributed by atoms with Gasteiger partial charge in [0.15, 0.2) is 0 Å². The lowest BCUT2D eigenvalue weighted by molar-refractivity contribution is -0.147. The Bertz CT molecular complexity index is 407. The molecule has 0 aromatic carbocycles. The summed E-state index contributed by atoms with van der Waals surface area (Å²) >= 11 is 0. The molecule has 0 amide bonds. The highest BCUT2D eigenvalue weighted by Crippen LogP contribution is 2.37. The molecule has 0 aromatic rings. The van der Waals surface area contributed by atoms with Crippen LogP contribution in [0.15, 0.2) is 0 Å². The summed E-state index contributed by atoms with van der Waals surface area (Å²) in [4.78, 5) is 11.1. The van der Waals surface area contributed by atoms with Crippen LogP contribution in [0.3, 0.4) is 0 Å². The predicted octanol–water partition coefficient (Wildman–Crippen LogP) is 1.11. The van der Waals surface area contributed by atoms with E-state index in [2.05, 4.69) is 0 Å². The molecule has 0 spiro atoms. The van der Waals surface area contributed by atoms with Gasteiger partial charge >= 0.3 is 11.7 Å². The molecule has 8 heteroatoms. The summed E-state index contributed by atoms with van der Waals surface area (Å²) in [5, 5.41) is 9.04. The van der Waals surface area contributed by atoms with Gasteiger partial charge in [-0.15, -0.1) is 0 Å². The first-order valence-electron chi connectivity index (χ1n) is 5.12. The highest BCUT2D eigenvalue weighted by atomic mass is 32.2. The second-order valence-corrected chi connectivity index (χ2v) is 6.60. The fraction of sp³-hybridized carbons (Fsp3) is 0.889. The first kappa shape index (κ1) is 14.3. The van der Waals surface area contributed by atoms with Gasteiger partial charge in [-0.25, -0.2) is 8.42 Å². The first-order chi connectivity index (χ1) is 7.60. The summed E-state index contributed by atoms with van der Waals surface area (Å²) in [7, 11) is -4.85. The van der Waals surface area contributed by atoms with Crippen molar-refractivity contribution in [2.45, 2.75) is 38.5 Å². The molecule has 1 saturated heterocycles. The molecule has 0 saturated carbocycles. The number of rotatable bonds is 3. The van der Waals surface area contributed by atoms with Crippen molar-refractivity contribution in [2.75, 3.05) is 6.54 Å². The fourth-order valence-corrected chi connectivity index (χ4v) is 3.44. The molecule has 1 rings (SSSR count). The summed E-state index contributed by atoms with van der Waals surface area (Å²) in [5.74, 6) is -4.97. The fourth-order valence-electron chi connectivity index (χ4n) is 2.18. The quantitative estimate of drug-likeness (QED) is 0.834. The van der Waals surface area contributed by atoms with Crippen molar-refractivity contribution in [3.8, 4) is 0 Å². The van der Waals surface area contributed by atoms with Crippen molar-refractivity contribution >= 4 is 16.0 Å². The van der Waals surface area contributed by atoms with E-state index in [1.54, 1.807) is 13.8 Å². The number of halogens is 2. The van der Waals surface area contributed by atoms with E-state index in [1.165, 1.54) is 0 Å². The number of aliphatic carboxylic acids is 1. The molecule has 0 radical (unpaired) electrons. The maximum atomic E-state index is 12.5. The van der Waals surface area contributed by atoms with Crippen molar-refractivity contribution in [3.05, 3.63) is 0 Å². The maximum Gasteiger partial charge on any atom is 0.350 e. The average molecular weight is 271 g/mol. The number of hydrogen-bond acceptors (Lipinski definition) is 3. The van der Waals surface area contributed by atoms with Gasteiger partial charge in [0.05, 0.1) is 0 Å². The van der Waals surface area contributed by atoms with Crippen LogP contribution in [0.25, 0.3) is 0 Å². The molecule has 5 nitrogen and oxygen atoms in total. The molecule has 1 unspecified atom stereocenters. The molecule has 1 aliphatic heterocycles. The Hall–Kier alpha value is -0.760. The van der Waals surface area contributed by atoms with Crippen molar-refractivity contribution < 1.29 is 27.1 Å². The molecular weight excluding hydrogens is 256 g/mol. The number of carboxylic acids is 1. The monoisotopic (exact) mass is 271 g/mol. The molecule has 100 valence electrons. The zero-order chi connectivity index (χ0) is 13.4. The lowest BCUT2D eigenvalue weighted by atomic mass is 9.77. The SMILES string of the molecule is CC1(C)CCCN(S(=O)(=O)C(F)F)C1C(=O)O. The van der Waals surface area contributed by atoms with Crippen LogP contribution in [0, 0.1) is 5.41 Å². The van der Waals surface area contributed by atoms with Crippen molar-refractivity contribution in [2.24, 2.45) is 5.41 Å². The van der Waals surface area contributed by atoms with Crippen LogP contribution in [0.4, 0.5) is 8.78 Å². The first-order valence-corrected chi connectivity index (χ1v) is 6.62. The van der Waals surface area contributed by atoms with Crippen LogP contribution in [0.1, 0.15) is 26.7 Å². The molecule has 17 heavy (non-hydrogen) atoms. The third-order valence-corrected chi connectivity index (χ3v) is 4.51. The number of carboxylic acid groups (broad SMARTS) is 1. The Kier molecular flexibility index (Phi) is 3.78. The summed E-state index contributed by atoms with van der Waals surface area (Å²) in [6, 6.07) is -1.43. The van der Waals surface area contributed by atoms with E-state index in [0.717, 1.165) is 0 Å². The second kappa shape index (κ2) is 4.49. The van der Waals surface area contributed by atoms with Gasteiger partial charge in [-0.1, -0.05) is 13.8 Å². The number of carbonyl (C=O) groups is 1. The molecule has 0 bridgehead atoms. The van der Waals surface area contributed by atoms with Gasteiger partial charge in [-0.3, -0.25) is 4.79 Å². The Morgan fingerprint density at radius 3 is 2.41 bits per heavy atom. The molecule has 1 heterocycles. The number of nitrogens with zero attached hydrogens (tertiary/aromatic N) is 1. The van der Waals surface area contributed by atoms with E-state index in [0.29, 0.717) is 17.1 Å². The molecule has 0 aromatic heterocycles. The van der Waals surface area contributed by atoms with Crippen molar-refractivity contribution in [3.63, 3.8) is 0 Å². The van der Waals surface area contributed by atoms with E-state index in [9.17, 15) is 22.0 Å². The summed E-state index contributed by atoms with van der Waals surface area (Å²) in [6.45, 7) is 2.96. The number of hydrogen-bond donors (Lipinski definition) is 1. The van der Waals surface area contributed by atoms with Gasteiger partial charge in [0.1, 0.15) is 6.04 Å². The zero-order valence-electron chi connectivity index (χ0n) is 9.56. The van der Waals surface area contributed by atoms with E-state index in [1.807, 2.05) is 0 Å². The smallest absolute Gasteiger partial charge is 0.350 e. The van der Waals surface area contributed by atoms with E-state index in [4.69, 9.17) is 5.11 Å². The largest absolute Gasteiger partial charge is 0.480 e. The van der Waals surface area contributed by atoms with Gasteiger partial charge in [0.25, 0.3) is 10.0 Å². The minimum atomic E-state index is -4.85. The summed E-state index contributed by atoms with van der Waals surface area (Å²) in [5.41, 5.74) is -0.855. The van der Waals surface area contributed by atoms with Gasteiger partial charge < -0.3 is 5.11 Å². The Labute approximate surface area is 98.5 Å². The zero-order valence-corrected chi connectivity index (χ0v) is 10.4. The third-order valence-electron chi connectivity index (χ3n) is 3.01. The molecular formula is C9H15F2NO4S. The number of piperidine rings is 1. The summed E-state index contributed by atoms with van der Waals surface area (Å²) in [6.07, 6.45) is 0.863. The highest BCUT2D eigenvalue weighted by molar-refractivity contribution is 7.89. The number of sulfonamides is 1. The van der Waals surface area contributed by atoms with Crippen molar-refractivity contribution in [1.29, 1.82) is 0 Å². The van der Waals surface area contributed by atoms with E-state index < -0.39 is 33.2 Å². The number of alkyl halides is 2. The van der Waals surface area contributed by atoms with Crippen molar-refractivity contribution in [1.82, 2.24) is 4.31 Å². The van der Waals surface area contributed by atoms with Crippen LogP contribution in [0.2, 0.25) is 0 Å². The lowest BCUT2D eigenvalue weighted by Gasteiger charge is -2.42. The molecule has 0 aliphatic carbocycles. The van der Waals surface area contributed by atoms with Crippen LogP contribution in [0.5, 0.6) is 0 Å². The molecule has 1 fully saturated rings. The Morgan fingerprint density at radius 2 is 2.00 bits per heavy atom. The van der Waals surface area contributed by atoms with Gasteiger partial charge in [-0.05, 0) is 18.3 Å². The normalized spacial score (nSPS) is 26.1. The Balaban J connectivity index is 3.18. The maximum absolute atomic E-state index is 12.5. The van der Waals surface area contributed by atoms with Crippen LogP contribution in [-0.4, -0.2) is 42.1 Å². The minimum Gasteiger partial charge on any atom is -0.480 e. The predicted molar refractivity (Wildman–Crippen MR) is 56.1 cm³/mol. The summed E-state index contributed by atoms with van der Waals surface area (Å²) < 4.78 is 48.1. The molecule has 1 N–H and O–H groups in total.